The van der Waals surface area contributed by atoms with Crippen molar-refractivity contribution >= 4 is 0 Å². The zero-order valence-corrected chi connectivity index (χ0v) is 6.29. The van der Waals surface area contributed by atoms with Gasteiger partial charge in [0.2, 0.25) is 0 Å². The zero-order valence-electron chi connectivity index (χ0n) is 6.29. The second-order valence-corrected chi connectivity index (χ2v) is 3.21. The van der Waals surface area contributed by atoms with E-state index in [2.05, 4.69) is 0 Å². The molecule has 1 aliphatic rings. The summed E-state index contributed by atoms with van der Waals surface area (Å²) < 4.78 is 0. The smallest absolute Gasteiger partial charge is 0.0540 e. The minimum atomic E-state index is -0.100. The van der Waals surface area contributed by atoms with Crippen LogP contribution in [-0.2, 0) is 0 Å². The summed E-state index contributed by atoms with van der Waals surface area (Å²) in [4.78, 5) is 0. The third kappa shape index (κ3) is 2.27. The lowest BCUT2D eigenvalue weighted by molar-refractivity contribution is 0.151. The molecule has 0 spiro atoms. The highest BCUT2D eigenvalue weighted by Crippen LogP contribution is 2.22. The highest BCUT2D eigenvalue weighted by atomic mass is 16.3. The normalized spacial score (nSPS) is 35.4. The third-order valence-corrected chi connectivity index (χ3v) is 2.32. The van der Waals surface area contributed by atoms with Crippen LogP contribution in [0.2, 0.25) is 0 Å². The molecule has 10 heavy (non-hydrogen) atoms. The molecular formula is C8H16O2. The van der Waals surface area contributed by atoms with Crippen LogP contribution in [0.3, 0.4) is 0 Å². The monoisotopic (exact) mass is 144 g/mol. The first-order chi connectivity index (χ1) is 4.83. The van der Waals surface area contributed by atoms with Gasteiger partial charge in [-0.2, -0.15) is 0 Å². The van der Waals surface area contributed by atoms with Gasteiger partial charge >= 0.3 is 0 Å². The molecule has 0 aliphatic heterocycles. The summed E-state index contributed by atoms with van der Waals surface area (Å²) >= 11 is 0. The number of hydrogen-bond acceptors (Lipinski definition) is 2. The molecular weight excluding hydrogens is 128 g/mol. The quantitative estimate of drug-likeness (QED) is 0.537. The highest BCUT2D eigenvalue weighted by molar-refractivity contribution is 4.68. The van der Waals surface area contributed by atoms with Gasteiger partial charge in [0, 0.05) is 6.61 Å². The van der Waals surface area contributed by atoms with Crippen LogP contribution in [0.4, 0.5) is 0 Å². The van der Waals surface area contributed by atoms with Crippen LogP contribution in [0.25, 0.3) is 0 Å². The van der Waals surface area contributed by atoms with Crippen LogP contribution < -0.4 is 0 Å². The Bertz CT molecular complexity index is 93.3. The van der Waals surface area contributed by atoms with Crippen LogP contribution in [0, 0.1) is 5.92 Å². The summed E-state index contributed by atoms with van der Waals surface area (Å²) in [6.45, 7) is 0.298. The van der Waals surface area contributed by atoms with Gasteiger partial charge in [0.1, 0.15) is 0 Å². The Morgan fingerprint density at radius 1 is 1.10 bits per heavy atom. The molecule has 0 saturated heterocycles. The molecule has 1 aliphatic carbocycles. The predicted molar refractivity (Wildman–Crippen MR) is 39.7 cm³/mol. The van der Waals surface area contributed by atoms with E-state index in [0.717, 1.165) is 32.1 Å². The van der Waals surface area contributed by atoms with Crippen molar-refractivity contribution < 1.29 is 10.2 Å². The van der Waals surface area contributed by atoms with E-state index in [9.17, 15) is 5.11 Å². The van der Waals surface area contributed by atoms with Crippen LogP contribution in [0.15, 0.2) is 0 Å². The Kier molecular flexibility index (Phi) is 3.16. The summed E-state index contributed by atoms with van der Waals surface area (Å²) in [5.41, 5.74) is 0. The average molecular weight is 144 g/mol. The first-order valence-corrected chi connectivity index (χ1v) is 4.12. The minimum absolute atomic E-state index is 0.100. The van der Waals surface area contributed by atoms with Crippen molar-refractivity contribution in [3.63, 3.8) is 0 Å². The van der Waals surface area contributed by atoms with E-state index in [-0.39, 0.29) is 6.10 Å². The second kappa shape index (κ2) is 3.94. The van der Waals surface area contributed by atoms with Crippen molar-refractivity contribution in [2.24, 2.45) is 5.92 Å². The molecule has 0 aromatic rings. The summed E-state index contributed by atoms with van der Waals surface area (Å²) in [6.07, 6.45) is 4.87. The lowest BCUT2D eigenvalue weighted by Gasteiger charge is -2.08. The fraction of sp³-hybridized carbons (Fsp3) is 1.00. The molecule has 60 valence electrons. The molecule has 0 radical (unpaired) electrons. The zero-order chi connectivity index (χ0) is 7.40. The number of aliphatic hydroxyl groups is 2. The number of rotatable bonds is 1. The minimum Gasteiger partial charge on any atom is -0.396 e. The van der Waals surface area contributed by atoms with E-state index < -0.39 is 0 Å². The second-order valence-electron chi connectivity index (χ2n) is 3.21. The number of aliphatic hydroxyl groups excluding tert-OH is 2. The molecule has 2 unspecified atom stereocenters. The van der Waals surface area contributed by atoms with E-state index >= 15 is 0 Å². The van der Waals surface area contributed by atoms with E-state index in [1.165, 1.54) is 0 Å². The van der Waals surface area contributed by atoms with Crippen molar-refractivity contribution in [2.45, 2.75) is 38.2 Å². The molecule has 0 aromatic heterocycles. The van der Waals surface area contributed by atoms with Crippen molar-refractivity contribution in [3.8, 4) is 0 Å². The maximum atomic E-state index is 9.22. The molecule has 1 fully saturated rings. The summed E-state index contributed by atoms with van der Waals surface area (Å²) in [5.74, 6) is 0.456. The number of hydrogen-bond donors (Lipinski definition) is 2. The Balaban J connectivity index is 2.26. The lowest BCUT2D eigenvalue weighted by atomic mass is 10.0. The fourth-order valence-electron chi connectivity index (χ4n) is 1.54. The Hall–Kier alpha value is -0.0800. The SMILES string of the molecule is OCC1CCCC(O)CC1. The van der Waals surface area contributed by atoms with Gasteiger partial charge in [-0.1, -0.05) is 6.42 Å². The molecule has 1 rings (SSSR count). The largest absolute Gasteiger partial charge is 0.396 e. The molecule has 0 amide bonds. The van der Waals surface area contributed by atoms with Gasteiger partial charge in [-0.25, -0.2) is 0 Å². The first kappa shape index (κ1) is 8.02. The maximum absolute atomic E-state index is 9.22. The van der Waals surface area contributed by atoms with Crippen LogP contribution >= 0.6 is 0 Å². The standard InChI is InChI=1S/C8H16O2/c9-6-7-2-1-3-8(10)5-4-7/h7-10H,1-6H2. The molecule has 1 saturated carbocycles. The Labute approximate surface area is 61.9 Å². The average Bonchev–Trinajstić information content (AvgIpc) is 2.14. The molecule has 2 heteroatoms. The topological polar surface area (TPSA) is 40.5 Å². The Morgan fingerprint density at radius 2 is 1.90 bits per heavy atom. The molecule has 0 aromatic carbocycles. The first-order valence-electron chi connectivity index (χ1n) is 4.12. The van der Waals surface area contributed by atoms with Crippen LogP contribution in [-0.4, -0.2) is 22.9 Å². The summed E-state index contributed by atoms with van der Waals surface area (Å²) in [7, 11) is 0. The van der Waals surface area contributed by atoms with E-state index in [4.69, 9.17) is 5.11 Å². The van der Waals surface area contributed by atoms with Gasteiger partial charge in [0.05, 0.1) is 6.10 Å². The highest BCUT2D eigenvalue weighted by Gasteiger charge is 2.15. The van der Waals surface area contributed by atoms with Gasteiger partial charge in [-0.3, -0.25) is 0 Å². The van der Waals surface area contributed by atoms with E-state index in [1.807, 2.05) is 0 Å². The van der Waals surface area contributed by atoms with Gasteiger partial charge in [-0.15, -0.1) is 0 Å². The third-order valence-electron chi connectivity index (χ3n) is 2.32. The molecule has 2 atom stereocenters. The van der Waals surface area contributed by atoms with E-state index in [1.54, 1.807) is 0 Å². The van der Waals surface area contributed by atoms with Crippen molar-refractivity contribution in [2.75, 3.05) is 6.61 Å². The van der Waals surface area contributed by atoms with Gasteiger partial charge in [0.25, 0.3) is 0 Å². The van der Waals surface area contributed by atoms with Crippen LogP contribution in [0.1, 0.15) is 32.1 Å². The van der Waals surface area contributed by atoms with E-state index in [0.29, 0.717) is 12.5 Å². The molecule has 0 heterocycles. The Morgan fingerprint density at radius 3 is 2.60 bits per heavy atom. The molecule has 2 nitrogen and oxygen atoms in total. The van der Waals surface area contributed by atoms with Crippen molar-refractivity contribution in [1.29, 1.82) is 0 Å². The maximum Gasteiger partial charge on any atom is 0.0540 e. The van der Waals surface area contributed by atoms with Gasteiger partial charge in [-0.05, 0) is 31.6 Å². The predicted octanol–water partition coefficient (Wildman–Crippen LogP) is 0.920. The summed E-state index contributed by atoms with van der Waals surface area (Å²) in [5, 5.41) is 18.0. The lowest BCUT2D eigenvalue weighted by Crippen LogP contribution is -2.06. The van der Waals surface area contributed by atoms with Crippen LogP contribution in [0.5, 0.6) is 0 Å². The summed E-state index contributed by atoms with van der Waals surface area (Å²) in [6, 6.07) is 0. The van der Waals surface area contributed by atoms with Crippen molar-refractivity contribution in [1.82, 2.24) is 0 Å². The molecule has 0 bridgehead atoms. The van der Waals surface area contributed by atoms with Crippen molar-refractivity contribution in [3.05, 3.63) is 0 Å². The van der Waals surface area contributed by atoms with Gasteiger partial charge < -0.3 is 10.2 Å². The van der Waals surface area contributed by atoms with Gasteiger partial charge in [0.15, 0.2) is 0 Å². The molecule has 2 N–H and O–H groups in total. The fourth-order valence-corrected chi connectivity index (χ4v) is 1.54.